The van der Waals surface area contributed by atoms with Gasteiger partial charge in [-0.15, -0.1) is 0 Å². The van der Waals surface area contributed by atoms with Crippen LogP contribution in [0.15, 0.2) is 48.5 Å². The maximum atomic E-state index is 6.06. The number of nitrogens with two attached hydrogens (primary N) is 1. The molecular weight excluding hydrogens is 260 g/mol. The average molecular weight is 278 g/mol. The lowest BCUT2D eigenvalue weighted by molar-refractivity contribution is 0.899. The number of hydrogen-bond donors (Lipinski definition) is 1. The van der Waals surface area contributed by atoms with Crippen molar-refractivity contribution in [1.82, 2.24) is 9.97 Å². The number of anilines is 2. The first-order valence-electron chi connectivity index (χ1n) is 6.92. The third-order valence-corrected chi connectivity index (χ3v) is 3.44. The van der Waals surface area contributed by atoms with E-state index in [1.54, 1.807) is 0 Å². The zero-order chi connectivity index (χ0) is 14.8. The number of nitrogens with zero attached hydrogens (tertiary/aromatic N) is 3. The molecule has 0 spiro atoms. The summed E-state index contributed by atoms with van der Waals surface area (Å²) in [6.45, 7) is 2.84. The van der Waals surface area contributed by atoms with Crippen molar-refractivity contribution in [2.45, 2.75) is 13.5 Å². The maximum Gasteiger partial charge on any atom is 0.172 e. The largest absolute Gasteiger partial charge is 0.381 e. The van der Waals surface area contributed by atoms with Crippen LogP contribution in [0.5, 0.6) is 0 Å². The van der Waals surface area contributed by atoms with Gasteiger partial charge in [-0.3, -0.25) is 0 Å². The molecule has 2 aromatic carbocycles. The second-order valence-electron chi connectivity index (χ2n) is 5.27. The quantitative estimate of drug-likeness (QED) is 0.799. The Morgan fingerprint density at radius 3 is 2.43 bits per heavy atom. The molecule has 21 heavy (non-hydrogen) atoms. The third-order valence-electron chi connectivity index (χ3n) is 3.44. The highest BCUT2D eigenvalue weighted by Gasteiger charge is 2.11. The van der Waals surface area contributed by atoms with Crippen molar-refractivity contribution in [3.63, 3.8) is 0 Å². The number of rotatable bonds is 3. The van der Waals surface area contributed by atoms with Crippen LogP contribution in [0.4, 0.5) is 11.6 Å². The van der Waals surface area contributed by atoms with Crippen LogP contribution in [-0.2, 0) is 6.54 Å². The monoisotopic (exact) mass is 278 g/mol. The molecule has 1 heterocycles. The maximum absolute atomic E-state index is 6.06. The number of hydrogen-bond acceptors (Lipinski definition) is 4. The minimum Gasteiger partial charge on any atom is -0.381 e. The van der Waals surface area contributed by atoms with Crippen molar-refractivity contribution in [2.75, 3.05) is 17.7 Å². The summed E-state index contributed by atoms with van der Waals surface area (Å²) in [5.74, 6) is 1.18. The van der Waals surface area contributed by atoms with Crippen molar-refractivity contribution < 1.29 is 0 Å². The highest BCUT2D eigenvalue weighted by molar-refractivity contribution is 5.79. The van der Waals surface area contributed by atoms with Crippen LogP contribution in [-0.4, -0.2) is 17.0 Å². The summed E-state index contributed by atoms with van der Waals surface area (Å²) < 4.78 is 0. The van der Waals surface area contributed by atoms with Crippen LogP contribution in [0.25, 0.3) is 11.0 Å². The standard InChI is InChI=1S/C17H18N4/c1-12-6-5-7-13(10-12)11-21(2)17-16(18)19-14-8-3-4-9-15(14)20-17/h3-10H,11H2,1-2H3,(H2,18,19). The molecule has 3 aromatic rings. The second-order valence-corrected chi connectivity index (χ2v) is 5.27. The first kappa shape index (κ1) is 13.4. The number of nitrogen functional groups attached to an aromatic ring is 1. The molecule has 0 bridgehead atoms. The van der Waals surface area contributed by atoms with E-state index in [0.717, 1.165) is 23.4 Å². The van der Waals surface area contributed by atoms with E-state index in [4.69, 9.17) is 5.73 Å². The summed E-state index contributed by atoms with van der Waals surface area (Å²) >= 11 is 0. The molecule has 0 fully saturated rings. The molecular formula is C17H18N4. The normalized spacial score (nSPS) is 10.8. The molecule has 4 nitrogen and oxygen atoms in total. The van der Waals surface area contributed by atoms with E-state index in [9.17, 15) is 0 Å². The van der Waals surface area contributed by atoms with E-state index in [1.807, 2.05) is 36.2 Å². The van der Waals surface area contributed by atoms with Crippen LogP contribution < -0.4 is 10.6 Å². The summed E-state index contributed by atoms with van der Waals surface area (Å²) in [4.78, 5) is 11.1. The lowest BCUT2D eigenvalue weighted by atomic mass is 10.1. The Morgan fingerprint density at radius 2 is 1.71 bits per heavy atom. The summed E-state index contributed by atoms with van der Waals surface area (Å²) in [5.41, 5.74) is 10.2. The van der Waals surface area contributed by atoms with E-state index < -0.39 is 0 Å². The van der Waals surface area contributed by atoms with Crippen LogP contribution in [0, 0.1) is 6.92 Å². The van der Waals surface area contributed by atoms with E-state index >= 15 is 0 Å². The van der Waals surface area contributed by atoms with Crippen LogP contribution in [0.1, 0.15) is 11.1 Å². The molecule has 0 radical (unpaired) electrons. The zero-order valence-corrected chi connectivity index (χ0v) is 12.2. The molecule has 0 atom stereocenters. The fourth-order valence-electron chi connectivity index (χ4n) is 2.44. The van der Waals surface area contributed by atoms with Gasteiger partial charge in [-0.2, -0.15) is 0 Å². The van der Waals surface area contributed by atoms with Gasteiger partial charge in [0.15, 0.2) is 11.6 Å². The van der Waals surface area contributed by atoms with E-state index in [-0.39, 0.29) is 0 Å². The molecule has 0 aliphatic heterocycles. The number of aromatic nitrogens is 2. The van der Waals surface area contributed by atoms with Gasteiger partial charge in [-0.1, -0.05) is 42.0 Å². The molecule has 0 amide bonds. The van der Waals surface area contributed by atoms with Gasteiger partial charge in [0.2, 0.25) is 0 Å². The molecule has 0 saturated heterocycles. The highest BCUT2D eigenvalue weighted by atomic mass is 15.2. The zero-order valence-electron chi connectivity index (χ0n) is 12.2. The minimum atomic E-state index is 0.462. The van der Waals surface area contributed by atoms with Gasteiger partial charge >= 0.3 is 0 Å². The molecule has 0 aliphatic rings. The minimum absolute atomic E-state index is 0.462. The van der Waals surface area contributed by atoms with Gasteiger partial charge < -0.3 is 10.6 Å². The number of aryl methyl sites for hydroxylation is 1. The highest BCUT2D eigenvalue weighted by Crippen LogP contribution is 2.22. The molecule has 0 saturated carbocycles. The Balaban J connectivity index is 1.93. The summed E-state index contributed by atoms with van der Waals surface area (Å²) in [6.07, 6.45) is 0. The molecule has 2 N–H and O–H groups in total. The van der Waals surface area contributed by atoms with Crippen molar-refractivity contribution in [1.29, 1.82) is 0 Å². The van der Waals surface area contributed by atoms with Gasteiger partial charge in [-0.05, 0) is 24.6 Å². The SMILES string of the molecule is Cc1cccc(CN(C)c2nc3ccccc3nc2N)c1. The molecule has 0 aliphatic carbocycles. The van der Waals surface area contributed by atoms with Crippen LogP contribution >= 0.6 is 0 Å². The first-order valence-corrected chi connectivity index (χ1v) is 6.92. The molecule has 4 heteroatoms. The van der Waals surface area contributed by atoms with Gasteiger partial charge in [-0.25, -0.2) is 9.97 Å². The topological polar surface area (TPSA) is 55.0 Å². The van der Waals surface area contributed by atoms with E-state index in [2.05, 4.69) is 41.2 Å². The van der Waals surface area contributed by atoms with Gasteiger partial charge in [0.1, 0.15) is 0 Å². The lowest BCUT2D eigenvalue weighted by Crippen LogP contribution is -2.20. The van der Waals surface area contributed by atoms with Gasteiger partial charge in [0.05, 0.1) is 11.0 Å². The fraction of sp³-hybridized carbons (Fsp3) is 0.176. The third kappa shape index (κ3) is 2.79. The summed E-state index contributed by atoms with van der Waals surface area (Å²) in [6, 6.07) is 16.2. The average Bonchev–Trinajstić information content (AvgIpc) is 2.46. The first-order chi connectivity index (χ1) is 10.1. The summed E-state index contributed by atoms with van der Waals surface area (Å²) in [5, 5.41) is 0. The van der Waals surface area contributed by atoms with E-state index in [1.165, 1.54) is 11.1 Å². The Labute approximate surface area is 124 Å². The van der Waals surface area contributed by atoms with Crippen LogP contribution in [0.2, 0.25) is 0 Å². The predicted molar refractivity (Wildman–Crippen MR) is 87.2 cm³/mol. The van der Waals surface area contributed by atoms with Crippen molar-refractivity contribution in [3.05, 3.63) is 59.7 Å². The van der Waals surface area contributed by atoms with Crippen LogP contribution in [0.3, 0.4) is 0 Å². The Hall–Kier alpha value is -2.62. The molecule has 0 unspecified atom stereocenters. The van der Waals surface area contributed by atoms with Gasteiger partial charge in [0, 0.05) is 13.6 Å². The lowest BCUT2D eigenvalue weighted by Gasteiger charge is -2.20. The van der Waals surface area contributed by atoms with Crippen molar-refractivity contribution in [2.24, 2.45) is 0 Å². The molecule has 106 valence electrons. The number of fused-ring (bicyclic) bond motifs is 1. The number of para-hydroxylation sites is 2. The van der Waals surface area contributed by atoms with Crippen molar-refractivity contribution in [3.8, 4) is 0 Å². The number of benzene rings is 2. The summed E-state index contributed by atoms with van der Waals surface area (Å²) in [7, 11) is 1.98. The van der Waals surface area contributed by atoms with Crippen molar-refractivity contribution >= 4 is 22.7 Å². The second kappa shape index (κ2) is 5.40. The Bertz CT molecular complexity index is 783. The Morgan fingerprint density at radius 1 is 1.00 bits per heavy atom. The van der Waals surface area contributed by atoms with Gasteiger partial charge in [0.25, 0.3) is 0 Å². The fourth-order valence-corrected chi connectivity index (χ4v) is 2.44. The molecule has 1 aromatic heterocycles. The Kier molecular flexibility index (Phi) is 3.44. The van der Waals surface area contributed by atoms with E-state index in [0.29, 0.717) is 5.82 Å². The molecule has 3 rings (SSSR count). The smallest absolute Gasteiger partial charge is 0.172 e. The predicted octanol–water partition coefficient (Wildman–Crippen LogP) is 3.16.